The number of rotatable bonds is 3. The number of nitrogens with zero attached hydrogens (tertiary/aromatic N) is 3. The van der Waals surface area contributed by atoms with E-state index in [1.165, 1.54) is 0 Å². The van der Waals surface area contributed by atoms with Crippen LogP contribution in [0.25, 0.3) is 0 Å². The molecular weight excluding hydrogens is 244 g/mol. The lowest BCUT2D eigenvalue weighted by atomic mass is 10.1. The molecule has 6 nitrogen and oxygen atoms in total. The summed E-state index contributed by atoms with van der Waals surface area (Å²) < 4.78 is 1.78. The van der Waals surface area contributed by atoms with Gasteiger partial charge >= 0.3 is 0 Å². The van der Waals surface area contributed by atoms with E-state index in [9.17, 15) is 9.59 Å². The van der Waals surface area contributed by atoms with Crippen molar-refractivity contribution in [3.8, 4) is 0 Å². The van der Waals surface area contributed by atoms with E-state index in [-0.39, 0.29) is 17.9 Å². The fourth-order valence-corrected chi connectivity index (χ4v) is 2.26. The van der Waals surface area contributed by atoms with Gasteiger partial charge in [0.25, 0.3) is 0 Å². The lowest BCUT2D eigenvalue weighted by Gasteiger charge is -2.36. The Hall–Kier alpha value is -1.85. The molecule has 2 rings (SSSR count). The molecule has 1 fully saturated rings. The third-order valence-corrected chi connectivity index (χ3v) is 3.36. The van der Waals surface area contributed by atoms with Gasteiger partial charge in [-0.1, -0.05) is 6.92 Å². The second kappa shape index (κ2) is 5.03. The van der Waals surface area contributed by atoms with Crippen molar-refractivity contribution in [2.24, 2.45) is 0 Å². The fourth-order valence-electron chi connectivity index (χ4n) is 2.26. The number of piperazine rings is 1. The molecule has 0 saturated carbocycles. The summed E-state index contributed by atoms with van der Waals surface area (Å²) in [5.41, 5.74) is 0.687. The van der Waals surface area contributed by atoms with Gasteiger partial charge in [0, 0.05) is 12.2 Å². The van der Waals surface area contributed by atoms with Gasteiger partial charge in [0.05, 0.1) is 11.9 Å². The minimum absolute atomic E-state index is 0.0882. The number of carbonyl (C=O) groups is 2. The monoisotopic (exact) mass is 264 g/mol. The summed E-state index contributed by atoms with van der Waals surface area (Å²) in [6, 6.07) is -0.716. The zero-order valence-electron chi connectivity index (χ0n) is 11.8. The van der Waals surface area contributed by atoms with E-state index in [1.807, 2.05) is 27.0 Å². The predicted molar refractivity (Wildman–Crippen MR) is 71.8 cm³/mol. The van der Waals surface area contributed by atoms with Crippen LogP contribution in [0.4, 0.5) is 5.69 Å². The van der Waals surface area contributed by atoms with Gasteiger partial charge in [-0.2, -0.15) is 5.10 Å². The third kappa shape index (κ3) is 2.34. The highest BCUT2D eigenvalue weighted by molar-refractivity contribution is 6.08. The number of nitrogens with one attached hydrogen (secondary N) is 1. The topological polar surface area (TPSA) is 67.2 Å². The number of hydrogen-bond donors (Lipinski definition) is 1. The largest absolute Gasteiger partial charge is 0.343 e. The molecule has 1 aliphatic heterocycles. The summed E-state index contributed by atoms with van der Waals surface area (Å²) in [7, 11) is 0. The van der Waals surface area contributed by atoms with Crippen LogP contribution in [-0.2, 0) is 9.59 Å². The van der Waals surface area contributed by atoms with Crippen molar-refractivity contribution in [3.63, 3.8) is 0 Å². The Balaban J connectivity index is 2.36. The first kappa shape index (κ1) is 13.6. The summed E-state index contributed by atoms with van der Waals surface area (Å²) in [4.78, 5) is 25.8. The Bertz CT molecular complexity index is 495. The van der Waals surface area contributed by atoms with E-state index in [1.54, 1.807) is 22.7 Å². The Morgan fingerprint density at radius 3 is 2.63 bits per heavy atom. The Labute approximate surface area is 112 Å². The van der Waals surface area contributed by atoms with Crippen LogP contribution >= 0.6 is 0 Å². The molecule has 0 aromatic carbocycles. The molecule has 1 aliphatic rings. The van der Waals surface area contributed by atoms with Crippen molar-refractivity contribution in [2.75, 3.05) is 4.90 Å². The van der Waals surface area contributed by atoms with Gasteiger partial charge in [0.1, 0.15) is 12.1 Å². The highest BCUT2D eigenvalue weighted by Crippen LogP contribution is 2.23. The van der Waals surface area contributed by atoms with Crippen LogP contribution in [-0.4, -0.2) is 33.7 Å². The van der Waals surface area contributed by atoms with E-state index >= 15 is 0 Å². The van der Waals surface area contributed by atoms with Crippen molar-refractivity contribution in [2.45, 2.75) is 52.2 Å². The summed E-state index contributed by atoms with van der Waals surface area (Å²) in [5.74, 6) is -0.193. The van der Waals surface area contributed by atoms with Gasteiger partial charge in [-0.15, -0.1) is 0 Å². The van der Waals surface area contributed by atoms with Crippen molar-refractivity contribution >= 4 is 17.5 Å². The van der Waals surface area contributed by atoms with Crippen LogP contribution in [0.3, 0.4) is 0 Å². The SMILES string of the molecule is CCC1C(=O)NC(C)C(=O)N1c1cnn(C(C)C)c1. The summed E-state index contributed by atoms with van der Waals surface area (Å²) >= 11 is 0. The van der Waals surface area contributed by atoms with Gasteiger partial charge in [0.15, 0.2) is 0 Å². The molecule has 2 amide bonds. The fraction of sp³-hybridized carbons (Fsp3) is 0.615. The van der Waals surface area contributed by atoms with Crippen molar-refractivity contribution in [1.29, 1.82) is 0 Å². The van der Waals surface area contributed by atoms with E-state index in [0.717, 1.165) is 0 Å². The molecule has 104 valence electrons. The maximum Gasteiger partial charge on any atom is 0.250 e. The minimum atomic E-state index is -0.488. The quantitative estimate of drug-likeness (QED) is 0.888. The van der Waals surface area contributed by atoms with Gasteiger partial charge in [-0.25, -0.2) is 0 Å². The molecule has 1 N–H and O–H groups in total. The molecule has 19 heavy (non-hydrogen) atoms. The Morgan fingerprint density at radius 1 is 1.42 bits per heavy atom. The maximum atomic E-state index is 12.3. The average Bonchev–Trinajstić information content (AvgIpc) is 2.82. The molecule has 6 heteroatoms. The van der Waals surface area contributed by atoms with E-state index < -0.39 is 12.1 Å². The van der Waals surface area contributed by atoms with E-state index in [4.69, 9.17) is 0 Å². The molecule has 0 spiro atoms. The molecule has 2 heterocycles. The Kier molecular flexibility index (Phi) is 3.59. The second-order valence-electron chi connectivity index (χ2n) is 5.13. The number of anilines is 1. The summed E-state index contributed by atoms with van der Waals surface area (Å²) in [6.45, 7) is 7.63. The molecule has 0 bridgehead atoms. The van der Waals surface area contributed by atoms with Gasteiger partial charge in [0.2, 0.25) is 11.8 Å². The first-order valence-electron chi connectivity index (χ1n) is 6.63. The van der Waals surface area contributed by atoms with Crippen molar-refractivity contribution in [1.82, 2.24) is 15.1 Å². The number of hydrogen-bond acceptors (Lipinski definition) is 3. The number of carbonyl (C=O) groups excluding carboxylic acids is 2. The van der Waals surface area contributed by atoms with Crippen LogP contribution in [0.1, 0.15) is 40.2 Å². The van der Waals surface area contributed by atoms with Gasteiger partial charge < -0.3 is 5.32 Å². The normalized spacial score (nSPS) is 23.9. The first-order valence-corrected chi connectivity index (χ1v) is 6.63. The van der Waals surface area contributed by atoms with Gasteiger partial charge in [-0.3, -0.25) is 19.2 Å². The second-order valence-corrected chi connectivity index (χ2v) is 5.13. The molecule has 0 aliphatic carbocycles. The van der Waals surface area contributed by atoms with Crippen LogP contribution < -0.4 is 10.2 Å². The summed E-state index contributed by atoms with van der Waals surface area (Å²) in [5, 5.41) is 6.94. The molecule has 1 aromatic rings. The summed E-state index contributed by atoms with van der Waals surface area (Å²) in [6.07, 6.45) is 4.04. The molecular formula is C13H20N4O2. The van der Waals surface area contributed by atoms with Gasteiger partial charge in [-0.05, 0) is 27.2 Å². The Morgan fingerprint density at radius 2 is 2.11 bits per heavy atom. The van der Waals surface area contributed by atoms with E-state index in [2.05, 4.69) is 10.4 Å². The zero-order valence-corrected chi connectivity index (χ0v) is 11.8. The van der Waals surface area contributed by atoms with Crippen molar-refractivity contribution < 1.29 is 9.59 Å². The molecule has 0 radical (unpaired) electrons. The zero-order chi connectivity index (χ0) is 14.2. The number of aromatic nitrogens is 2. The standard InChI is InChI=1S/C13H20N4O2/c1-5-11-12(18)15-9(4)13(19)17(11)10-6-14-16(7-10)8(2)3/h6-9,11H,5H2,1-4H3,(H,15,18). The highest BCUT2D eigenvalue weighted by Gasteiger charge is 2.38. The first-order chi connectivity index (χ1) is 8.95. The predicted octanol–water partition coefficient (Wildman–Crippen LogP) is 1.09. The van der Waals surface area contributed by atoms with Crippen LogP contribution in [0.2, 0.25) is 0 Å². The molecule has 1 aromatic heterocycles. The minimum Gasteiger partial charge on any atom is -0.343 e. The van der Waals surface area contributed by atoms with Crippen molar-refractivity contribution in [3.05, 3.63) is 12.4 Å². The van der Waals surface area contributed by atoms with Crippen LogP contribution in [0.5, 0.6) is 0 Å². The molecule has 2 atom stereocenters. The van der Waals surface area contributed by atoms with Crippen LogP contribution in [0.15, 0.2) is 12.4 Å². The maximum absolute atomic E-state index is 12.3. The third-order valence-electron chi connectivity index (χ3n) is 3.36. The lowest BCUT2D eigenvalue weighted by Crippen LogP contribution is -2.62. The molecule has 2 unspecified atom stereocenters. The van der Waals surface area contributed by atoms with Crippen LogP contribution in [0, 0.1) is 0 Å². The highest BCUT2D eigenvalue weighted by atomic mass is 16.2. The number of amides is 2. The average molecular weight is 264 g/mol. The molecule has 1 saturated heterocycles. The lowest BCUT2D eigenvalue weighted by molar-refractivity contribution is -0.133. The smallest absolute Gasteiger partial charge is 0.250 e. The van der Waals surface area contributed by atoms with E-state index in [0.29, 0.717) is 12.1 Å².